The standard InChI is InChI=1S/C27H34O2.C27H36.C14H19I.2C13H16.C8H16Cl2.C7H7I.C6H5I.C6H10.K.H2O/c1-6-7-8-21(17-19-9-11-20(12-10-19)25(28)29)22-13-14-23-24(18-22)27(4,5)16-15-26(23,2)3;1-7-8-9-22(18-21-12-10-20(2)11-13-21)23-14-15-24-25(19-23)27(5,6)17-16-26(24,3)4;1-13(2)7-8-14(3,4)12-9-10(15)5-6-11(12)13;2*1-3-4-5-6-7-13-10-8-12(2)9-11-13;1-7(2,9)5-6-8(3,4)10;1-6-2-4-7(8)5-3-6;7-6-4-2-1-3-5-6;1-3-5-6-4-2;;/h9-14,17-18H,6-8,15-16H2,1-5H3,(H,28,29);10-15,18-19H,7-9,16-17H2,1-6H3;5-6,9H,7-8H2,1-4H3;2*8-11H,3-5H2,1-2H3;5-6H2,1-4H3;2-5H,1H3;1-5H;1H,4-6H2,2H3;;1H2/q;;;;;;;;;+1;/p-1/b21-17+;22-18+;;;;;;;;;. The third-order valence-corrected chi connectivity index (χ3v) is 26.9. The zero-order valence-corrected chi connectivity index (χ0v) is 95.9. The molecule has 3 nitrogen and oxygen atoms in total. The maximum atomic E-state index is 11.1. The van der Waals surface area contributed by atoms with Crippen LogP contribution >= 0.6 is 91.0 Å². The van der Waals surface area contributed by atoms with Gasteiger partial charge in [-0.3, -0.25) is 0 Å². The molecular weight excluding hydrogens is 1990 g/mol. The maximum Gasteiger partial charge on any atom is 1.00 e. The molecule has 0 aromatic heterocycles. The Morgan fingerprint density at radius 1 is 0.377 bits per heavy atom. The van der Waals surface area contributed by atoms with E-state index in [9.17, 15) is 4.79 Å². The monoisotopic (exact) mass is 2150 g/mol. The van der Waals surface area contributed by atoms with E-state index >= 15 is 0 Å². The molecule has 12 rings (SSSR count). The Kier molecular flexibility index (Phi) is 56.4. The topological polar surface area (TPSA) is 67.3 Å². The quantitative estimate of drug-likeness (QED) is 0.0206. The van der Waals surface area contributed by atoms with Crippen LogP contribution in [-0.4, -0.2) is 26.3 Å². The van der Waals surface area contributed by atoms with Crippen molar-refractivity contribution in [3.8, 4) is 36.0 Å². The fourth-order valence-corrected chi connectivity index (χ4v) is 16.7. The molecule has 3 aliphatic rings. The number of rotatable bonds is 20. The number of aryl methyl sites for hydroxylation is 4. The van der Waals surface area contributed by atoms with Crippen LogP contribution in [0.3, 0.4) is 0 Å². The van der Waals surface area contributed by atoms with Crippen molar-refractivity contribution < 1.29 is 66.8 Å². The summed E-state index contributed by atoms with van der Waals surface area (Å²) in [6.07, 6.45) is 36.3. The molecule has 0 radical (unpaired) electrons. The maximum absolute atomic E-state index is 11.1. The number of terminal acetylenes is 1. The van der Waals surface area contributed by atoms with E-state index in [2.05, 4.69) is 419 Å². The van der Waals surface area contributed by atoms with Gasteiger partial charge in [0.2, 0.25) is 0 Å². The summed E-state index contributed by atoms with van der Waals surface area (Å²) in [5, 5.41) is 9.14. The van der Waals surface area contributed by atoms with E-state index in [0.717, 1.165) is 74.5 Å². The van der Waals surface area contributed by atoms with E-state index in [1.807, 2.05) is 58.0 Å². The van der Waals surface area contributed by atoms with Crippen LogP contribution in [0.4, 0.5) is 0 Å². The van der Waals surface area contributed by atoms with Crippen molar-refractivity contribution in [2.24, 2.45) is 0 Å². The first-order valence-electron chi connectivity index (χ1n) is 47.4. The second-order valence-corrected chi connectivity index (χ2v) is 46.1. The van der Waals surface area contributed by atoms with Crippen molar-refractivity contribution in [1.29, 1.82) is 0 Å². The van der Waals surface area contributed by atoms with Gasteiger partial charge in [-0.2, -0.15) is 0 Å². The molecule has 698 valence electrons. The number of halogens is 5. The third-order valence-electron chi connectivity index (χ3n) is 24.4. The fraction of sp³-hybridized carbons (Fsp3) is 0.463. The Morgan fingerprint density at radius 2 is 0.654 bits per heavy atom. The van der Waals surface area contributed by atoms with Crippen LogP contribution in [0.2, 0.25) is 0 Å². The van der Waals surface area contributed by atoms with Gasteiger partial charge in [-0.15, -0.1) is 35.5 Å². The SMILES string of the molecule is C#CCCCC.CC(C)(Cl)CCC(C)(C)Cl.CC1(C)CCC(C)(C)c2cc(I)ccc21.CCCC/C(=C\c1ccc(C(=O)O)cc1)c1ccc2c(c1)C(C)(C)CCC2(C)C.CCCC/C(=C\c1ccc(C)cc1)c1ccc2c(c1)C(C)(C)CCC2(C)C.CCCCC#Cc1ccc(C)cc1.CCCCC#Cc1ccc(C)cc1.Cc1ccc(I)cc1.Ic1ccccc1.[K+].[OH-]. The summed E-state index contributed by atoms with van der Waals surface area (Å²) >= 11 is 19.0. The minimum Gasteiger partial charge on any atom is -0.870 e. The van der Waals surface area contributed by atoms with E-state index in [1.165, 1.54) is 162 Å². The largest absolute Gasteiger partial charge is 1.00 e. The van der Waals surface area contributed by atoms with Gasteiger partial charge in [-0.25, -0.2) is 4.79 Å². The molecular formula is C121H160Cl2I3KO3. The molecule has 0 saturated carbocycles. The normalized spacial score (nSPS) is 14.5. The van der Waals surface area contributed by atoms with Crippen LogP contribution < -0.4 is 51.4 Å². The number of allylic oxidation sites excluding steroid dienone is 2. The van der Waals surface area contributed by atoms with Gasteiger partial charge in [0.15, 0.2) is 0 Å². The van der Waals surface area contributed by atoms with Gasteiger partial charge >= 0.3 is 57.4 Å². The van der Waals surface area contributed by atoms with Gasteiger partial charge in [-0.1, -0.05) is 341 Å². The summed E-state index contributed by atoms with van der Waals surface area (Å²) in [6.45, 7) is 56.1. The number of hydrogen-bond donors (Lipinski definition) is 1. The van der Waals surface area contributed by atoms with Crippen molar-refractivity contribution in [1.82, 2.24) is 0 Å². The average molecular weight is 2150 g/mol. The number of carboxylic acid groups (broad SMARTS) is 1. The van der Waals surface area contributed by atoms with Crippen molar-refractivity contribution in [2.45, 2.75) is 363 Å². The molecule has 0 aliphatic heterocycles. The van der Waals surface area contributed by atoms with Gasteiger partial charge in [0.1, 0.15) is 0 Å². The van der Waals surface area contributed by atoms with Gasteiger partial charge in [0.05, 0.1) is 5.56 Å². The van der Waals surface area contributed by atoms with Gasteiger partial charge in [0, 0.05) is 50.8 Å². The molecule has 0 heterocycles. The molecule has 0 atom stereocenters. The minimum atomic E-state index is -0.883. The number of hydrogen-bond acceptors (Lipinski definition) is 2. The Hall–Kier alpha value is -5.02. The molecule has 9 heteroatoms. The van der Waals surface area contributed by atoms with Gasteiger partial charge < -0.3 is 10.6 Å². The summed E-state index contributed by atoms with van der Waals surface area (Å²) in [4.78, 5) is 10.9. The van der Waals surface area contributed by atoms with Crippen molar-refractivity contribution in [2.75, 3.05) is 0 Å². The van der Waals surface area contributed by atoms with E-state index in [-0.39, 0.29) is 88.3 Å². The molecule has 9 aromatic carbocycles. The van der Waals surface area contributed by atoms with E-state index < -0.39 is 5.97 Å². The number of fused-ring (bicyclic) bond motifs is 3. The van der Waals surface area contributed by atoms with Crippen LogP contribution in [0.1, 0.15) is 392 Å². The van der Waals surface area contributed by atoms with Crippen molar-refractivity contribution in [3.05, 3.63) is 312 Å². The van der Waals surface area contributed by atoms with Crippen LogP contribution in [0.15, 0.2) is 206 Å². The first kappa shape index (κ1) is 121. The summed E-state index contributed by atoms with van der Waals surface area (Å²) in [5.74, 6) is 14.3. The third kappa shape index (κ3) is 46.2. The summed E-state index contributed by atoms with van der Waals surface area (Å²) in [5.41, 5.74) is 26.6. The van der Waals surface area contributed by atoms with Crippen LogP contribution in [-0.2, 0) is 32.5 Å². The first-order valence-corrected chi connectivity index (χ1v) is 51.4. The van der Waals surface area contributed by atoms with Crippen LogP contribution in [0, 0.1) is 74.4 Å². The predicted octanol–water partition coefficient (Wildman–Crippen LogP) is 34.6. The molecule has 9 aromatic rings. The summed E-state index contributed by atoms with van der Waals surface area (Å²) in [6, 6.07) is 72.7. The van der Waals surface area contributed by atoms with Crippen LogP contribution in [0.5, 0.6) is 0 Å². The molecule has 0 bridgehead atoms. The smallest absolute Gasteiger partial charge is 0.870 e. The molecule has 0 spiro atoms. The second-order valence-electron chi connectivity index (χ2n) is 40.3. The van der Waals surface area contributed by atoms with Crippen molar-refractivity contribution >= 4 is 120 Å². The summed E-state index contributed by atoms with van der Waals surface area (Å²) in [7, 11) is 0. The Balaban J connectivity index is 0.000000519. The number of carbonyl (C=O) groups is 1. The molecule has 2 N–H and O–H groups in total. The predicted molar refractivity (Wildman–Crippen MR) is 595 cm³/mol. The Bertz CT molecular complexity index is 4920. The van der Waals surface area contributed by atoms with Crippen molar-refractivity contribution in [3.63, 3.8) is 0 Å². The van der Waals surface area contributed by atoms with Gasteiger partial charge in [-0.05, 0) is 392 Å². The van der Waals surface area contributed by atoms with Gasteiger partial charge in [0.25, 0.3) is 0 Å². The molecule has 3 aliphatic carbocycles. The van der Waals surface area contributed by atoms with E-state index in [1.54, 1.807) is 34.4 Å². The Labute approximate surface area is 887 Å². The number of aromatic carboxylic acids is 1. The molecule has 130 heavy (non-hydrogen) atoms. The second kappa shape index (κ2) is 60.5. The molecule has 0 saturated heterocycles. The number of unbranched alkanes of at least 4 members (excludes halogenated alkanes) is 8. The fourth-order valence-electron chi connectivity index (χ4n) is 15.2. The first-order chi connectivity index (χ1) is 60.1. The number of benzene rings is 9. The van der Waals surface area contributed by atoms with Crippen LogP contribution in [0.25, 0.3) is 23.3 Å². The number of alkyl halides is 2. The number of carboxylic acids is 1. The Morgan fingerprint density at radius 3 is 0.946 bits per heavy atom. The van der Waals surface area contributed by atoms with E-state index in [4.69, 9.17) is 34.7 Å². The zero-order chi connectivity index (χ0) is 95.5. The average Bonchev–Trinajstić information content (AvgIpc) is 0.761. The summed E-state index contributed by atoms with van der Waals surface area (Å²) < 4.78 is 3.95. The molecule has 0 fully saturated rings. The molecule has 0 unspecified atom stereocenters. The minimum absolute atomic E-state index is 0. The zero-order valence-electron chi connectivity index (χ0n) is 84.8. The van der Waals surface area contributed by atoms with E-state index in [0.29, 0.717) is 16.4 Å². The molecule has 0 amide bonds.